The standard InChI is InChI=1S/C14H23NO4/c1-6-18-11(16)10-7-9-8-15(9)14(10,5)12(17)19-13(2,3)4/h9-10H,6-8H2,1-5H3/t9-,10-,14?,15?/m1/s1. The number of fused-ring (bicyclic) bond motifs is 1. The van der Waals surface area contributed by atoms with E-state index in [1.165, 1.54) is 0 Å². The lowest BCUT2D eigenvalue weighted by Crippen LogP contribution is -2.52. The van der Waals surface area contributed by atoms with Gasteiger partial charge in [0.2, 0.25) is 0 Å². The molecule has 19 heavy (non-hydrogen) atoms. The van der Waals surface area contributed by atoms with Crippen LogP contribution in [-0.2, 0) is 19.1 Å². The molecule has 0 N–H and O–H groups in total. The minimum absolute atomic E-state index is 0.289. The highest BCUT2D eigenvalue weighted by molar-refractivity contribution is 5.90. The molecule has 5 heteroatoms. The molecule has 0 aromatic carbocycles. The Kier molecular flexibility index (Phi) is 3.37. The number of piperidine rings is 1. The van der Waals surface area contributed by atoms with Crippen molar-refractivity contribution in [2.24, 2.45) is 5.92 Å². The highest BCUT2D eigenvalue weighted by Gasteiger charge is 2.66. The molecule has 0 radical (unpaired) electrons. The van der Waals surface area contributed by atoms with E-state index in [1.807, 2.05) is 25.7 Å². The van der Waals surface area contributed by atoms with Gasteiger partial charge in [-0.3, -0.25) is 14.5 Å². The fraction of sp³-hybridized carbons (Fsp3) is 0.857. The van der Waals surface area contributed by atoms with Crippen LogP contribution in [0, 0.1) is 5.92 Å². The van der Waals surface area contributed by atoms with Crippen molar-refractivity contribution in [2.45, 2.75) is 58.2 Å². The van der Waals surface area contributed by atoms with Crippen LogP contribution in [0.1, 0.15) is 41.0 Å². The molecular weight excluding hydrogens is 246 g/mol. The Bertz CT molecular complexity index is 401. The topological polar surface area (TPSA) is 55.6 Å². The quantitative estimate of drug-likeness (QED) is 0.572. The molecule has 0 aromatic heterocycles. The summed E-state index contributed by atoms with van der Waals surface area (Å²) in [5, 5.41) is 0. The Balaban J connectivity index is 2.18. The largest absolute Gasteiger partial charge is 0.466 e. The first-order chi connectivity index (χ1) is 8.70. The number of hydrogen-bond acceptors (Lipinski definition) is 5. The van der Waals surface area contributed by atoms with Crippen LogP contribution >= 0.6 is 0 Å². The molecule has 2 aliphatic heterocycles. The van der Waals surface area contributed by atoms with Crippen molar-refractivity contribution >= 4 is 11.9 Å². The Morgan fingerprint density at radius 3 is 2.53 bits per heavy atom. The second kappa shape index (κ2) is 4.47. The molecule has 0 bridgehead atoms. The van der Waals surface area contributed by atoms with Crippen molar-refractivity contribution in [3.8, 4) is 0 Å². The van der Waals surface area contributed by atoms with Crippen molar-refractivity contribution in [2.75, 3.05) is 13.2 Å². The van der Waals surface area contributed by atoms with Crippen LogP contribution in [0.25, 0.3) is 0 Å². The van der Waals surface area contributed by atoms with Crippen LogP contribution in [0.15, 0.2) is 0 Å². The number of hydrogen-bond donors (Lipinski definition) is 0. The van der Waals surface area contributed by atoms with Crippen LogP contribution in [0.2, 0.25) is 0 Å². The van der Waals surface area contributed by atoms with Crippen molar-refractivity contribution in [1.82, 2.24) is 4.90 Å². The van der Waals surface area contributed by atoms with Gasteiger partial charge in [0.25, 0.3) is 0 Å². The molecule has 4 atom stereocenters. The summed E-state index contributed by atoms with van der Waals surface area (Å²) in [5.74, 6) is -1.03. The SMILES string of the molecule is CCOC(=O)[C@H]1C[C@@H]2CN2C1(C)C(=O)OC(C)(C)C. The first-order valence-electron chi connectivity index (χ1n) is 6.87. The number of carbonyl (C=O) groups is 2. The van der Waals surface area contributed by atoms with E-state index in [2.05, 4.69) is 0 Å². The second-order valence-electron chi connectivity index (χ2n) is 6.50. The van der Waals surface area contributed by atoms with Crippen LogP contribution < -0.4 is 0 Å². The summed E-state index contributed by atoms with van der Waals surface area (Å²) in [4.78, 5) is 26.6. The number of nitrogens with zero attached hydrogens (tertiary/aromatic N) is 1. The van der Waals surface area contributed by atoms with E-state index in [0.29, 0.717) is 19.1 Å². The highest BCUT2D eigenvalue weighted by Crippen LogP contribution is 2.49. The van der Waals surface area contributed by atoms with Crippen molar-refractivity contribution in [3.05, 3.63) is 0 Å². The van der Waals surface area contributed by atoms with Crippen LogP contribution in [0.5, 0.6) is 0 Å². The lowest BCUT2D eigenvalue weighted by molar-refractivity contribution is -0.173. The fourth-order valence-electron chi connectivity index (χ4n) is 2.86. The third-order valence-electron chi connectivity index (χ3n) is 3.88. The summed E-state index contributed by atoms with van der Waals surface area (Å²) in [6.45, 7) is 10.3. The van der Waals surface area contributed by atoms with Gasteiger partial charge in [0.1, 0.15) is 11.1 Å². The van der Waals surface area contributed by atoms with Gasteiger partial charge >= 0.3 is 11.9 Å². The number of rotatable bonds is 3. The smallest absolute Gasteiger partial charge is 0.327 e. The predicted molar refractivity (Wildman–Crippen MR) is 69.5 cm³/mol. The Morgan fingerprint density at radius 1 is 1.37 bits per heavy atom. The molecule has 2 aliphatic rings. The van der Waals surface area contributed by atoms with Gasteiger partial charge in [-0.05, 0) is 41.0 Å². The van der Waals surface area contributed by atoms with E-state index >= 15 is 0 Å². The molecule has 2 saturated heterocycles. The maximum absolute atomic E-state index is 12.5. The van der Waals surface area contributed by atoms with E-state index in [0.717, 1.165) is 6.54 Å². The van der Waals surface area contributed by atoms with E-state index in [1.54, 1.807) is 13.8 Å². The van der Waals surface area contributed by atoms with Gasteiger partial charge in [-0.1, -0.05) is 0 Å². The zero-order valence-corrected chi connectivity index (χ0v) is 12.4. The van der Waals surface area contributed by atoms with Gasteiger partial charge in [-0.25, -0.2) is 0 Å². The third-order valence-corrected chi connectivity index (χ3v) is 3.88. The molecule has 108 valence electrons. The summed E-state index contributed by atoms with van der Waals surface area (Å²) in [7, 11) is 0. The van der Waals surface area contributed by atoms with Crippen molar-refractivity contribution < 1.29 is 19.1 Å². The van der Waals surface area contributed by atoms with Crippen LogP contribution in [-0.4, -0.2) is 47.2 Å². The number of esters is 2. The van der Waals surface area contributed by atoms with Gasteiger partial charge in [-0.15, -0.1) is 0 Å². The predicted octanol–water partition coefficient (Wildman–Crippen LogP) is 1.35. The maximum atomic E-state index is 12.5. The summed E-state index contributed by atoms with van der Waals surface area (Å²) in [6, 6.07) is 0.326. The zero-order valence-electron chi connectivity index (χ0n) is 12.4. The van der Waals surface area contributed by atoms with E-state index in [9.17, 15) is 9.59 Å². The third kappa shape index (κ3) is 2.48. The minimum atomic E-state index is -0.871. The molecule has 0 amide bonds. The van der Waals surface area contributed by atoms with Gasteiger partial charge in [0, 0.05) is 12.6 Å². The maximum Gasteiger partial charge on any atom is 0.327 e. The molecule has 2 rings (SSSR count). The molecule has 2 heterocycles. The molecule has 5 nitrogen and oxygen atoms in total. The Hall–Kier alpha value is -1.10. The molecule has 0 aliphatic carbocycles. The zero-order chi connectivity index (χ0) is 14.4. The lowest BCUT2D eigenvalue weighted by Gasteiger charge is -2.34. The van der Waals surface area contributed by atoms with Gasteiger partial charge < -0.3 is 9.47 Å². The van der Waals surface area contributed by atoms with Gasteiger partial charge in [-0.2, -0.15) is 0 Å². The average Bonchev–Trinajstić information content (AvgIpc) is 2.97. The van der Waals surface area contributed by atoms with Crippen LogP contribution in [0.3, 0.4) is 0 Å². The average molecular weight is 269 g/mol. The van der Waals surface area contributed by atoms with Crippen molar-refractivity contribution in [1.29, 1.82) is 0 Å². The first kappa shape index (κ1) is 14.3. The molecule has 2 unspecified atom stereocenters. The summed E-state index contributed by atoms with van der Waals surface area (Å²) >= 11 is 0. The summed E-state index contributed by atoms with van der Waals surface area (Å²) < 4.78 is 10.6. The number of ether oxygens (including phenoxy) is 2. The normalized spacial score (nSPS) is 36.6. The Labute approximate surface area is 114 Å². The molecule has 0 aromatic rings. The second-order valence-corrected chi connectivity index (χ2v) is 6.50. The van der Waals surface area contributed by atoms with Crippen LogP contribution in [0.4, 0.5) is 0 Å². The van der Waals surface area contributed by atoms with E-state index in [-0.39, 0.29) is 11.9 Å². The summed E-state index contributed by atoms with van der Waals surface area (Å²) in [6.07, 6.45) is 0.689. The number of carbonyl (C=O) groups excluding carboxylic acids is 2. The fourth-order valence-corrected chi connectivity index (χ4v) is 2.86. The Morgan fingerprint density at radius 2 is 2.00 bits per heavy atom. The van der Waals surface area contributed by atoms with Crippen molar-refractivity contribution in [3.63, 3.8) is 0 Å². The monoisotopic (exact) mass is 269 g/mol. The first-order valence-corrected chi connectivity index (χ1v) is 6.87. The van der Waals surface area contributed by atoms with E-state index < -0.39 is 17.1 Å². The highest BCUT2D eigenvalue weighted by atomic mass is 16.6. The summed E-state index contributed by atoms with van der Waals surface area (Å²) in [5.41, 5.74) is -1.42. The lowest BCUT2D eigenvalue weighted by atomic mass is 9.84. The molecular formula is C14H23NO4. The molecule has 2 fully saturated rings. The van der Waals surface area contributed by atoms with Gasteiger partial charge in [0.15, 0.2) is 0 Å². The van der Waals surface area contributed by atoms with Gasteiger partial charge in [0.05, 0.1) is 12.5 Å². The van der Waals surface area contributed by atoms with E-state index in [4.69, 9.17) is 9.47 Å². The molecule has 0 spiro atoms. The molecule has 0 saturated carbocycles. The minimum Gasteiger partial charge on any atom is -0.466 e.